The topological polar surface area (TPSA) is 129 Å². The van der Waals surface area contributed by atoms with Crippen LogP contribution < -0.4 is 0 Å². The molecule has 3 rings (SSSR count). The first-order valence-electron chi connectivity index (χ1n) is 8.96. The molecule has 1 fully saturated rings. The van der Waals surface area contributed by atoms with Gasteiger partial charge >= 0.3 is 11.9 Å². The minimum atomic E-state index is -2.34. The Balaban J connectivity index is 2.29. The summed E-state index contributed by atoms with van der Waals surface area (Å²) in [4.78, 5) is 37.4. The molecule has 1 aromatic heterocycles. The van der Waals surface area contributed by atoms with E-state index in [1.807, 2.05) is 0 Å². The van der Waals surface area contributed by atoms with E-state index >= 15 is 0 Å². The van der Waals surface area contributed by atoms with Gasteiger partial charge in [-0.3, -0.25) is 19.7 Å². The van der Waals surface area contributed by atoms with Crippen LogP contribution in [0, 0.1) is 15.5 Å². The van der Waals surface area contributed by atoms with Gasteiger partial charge in [-0.25, -0.2) is 0 Å². The lowest BCUT2D eigenvalue weighted by Gasteiger charge is -2.45. The summed E-state index contributed by atoms with van der Waals surface area (Å²) in [5.41, 5.74) is -1.74. The molecule has 1 saturated carbocycles. The molecule has 0 unspecified atom stereocenters. The van der Waals surface area contributed by atoms with Gasteiger partial charge in [0, 0.05) is 4.92 Å². The van der Waals surface area contributed by atoms with Crippen LogP contribution in [0.1, 0.15) is 29.6 Å². The van der Waals surface area contributed by atoms with E-state index in [4.69, 9.17) is 13.9 Å². The number of furan rings is 1. The van der Waals surface area contributed by atoms with Crippen molar-refractivity contribution in [2.24, 2.45) is 5.41 Å². The zero-order valence-electron chi connectivity index (χ0n) is 15.9. The van der Waals surface area contributed by atoms with Gasteiger partial charge in [-0.2, -0.15) is 0 Å². The van der Waals surface area contributed by atoms with Crippen LogP contribution in [0.2, 0.25) is 0 Å². The number of benzene rings is 1. The second-order valence-corrected chi connectivity index (χ2v) is 6.89. The first kappa shape index (κ1) is 20.5. The first-order valence-corrected chi connectivity index (χ1v) is 8.96. The molecular formula is C20H21NO8. The normalized spacial score (nSPS) is 25.8. The second-order valence-electron chi connectivity index (χ2n) is 6.89. The van der Waals surface area contributed by atoms with Crippen molar-refractivity contribution in [3.63, 3.8) is 0 Å². The van der Waals surface area contributed by atoms with Gasteiger partial charge in [-0.1, -0.05) is 30.3 Å². The Labute approximate surface area is 166 Å². The van der Waals surface area contributed by atoms with Crippen LogP contribution >= 0.6 is 0 Å². The predicted molar refractivity (Wildman–Crippen MR) is 98.5 cm³/mol. The van der Waals surface area contributed by atoms with Crippen molar-refractivity contribution in [2.75, 3.05) is 14.2 Å². The second kappa shape index (κ2) is 8.04. The summed E-state index contributed by atoms with van der Waals surface area (Å²) in [5.74, 6) is -4.43. The Hall–Kier alpha value is -3.20. The highest BCUT2D eigenvalue weighted by atomic mass is 16.6. The van der Waals surface area contributed by atoms with Crippen LogP contribution in [0.4, 0.5) is 0 Å². The number of carbonyl (C=O) groups excluding carboxylic acids is 2. The van der Waals surface area contributed by atoms with Crippen LogP contribution in [0.5, 0.6) is 0 Å². The molecule has 4 atom stereocenters. The van der Waals surface area contributed by atoms with Crippen LogP contribution in [-0.4, -0.2) is 48.3 Å². The average molecular weight is 403 g/mol. The highest BCUT2D eigenvalue weighted by molar-refractivity contribution is 6.02. The van der Waals surface area contributed by atoms with Crippen molar-refractivity contribution in [1.82, 2.24) is 0 Å². The third-order valence-corrected chi connectivity index (χ3v) is 5.61. The molecule has 154 valence electrons. The molecule has 0 spiro atoms. The fourth-order valence-corrected chi connectivity index (χ4v) is 4.38. The highest BCUT2D eigenvalue weighted by Crippen LogP contribution is 2.54. The number of hydrogen-bond acceptors (Lipinski definition) is 8. The SMILES string of the molecule is COC(=O)C1(C(=O)OC)[C@@H](O)C[C@@H](c2ccccc2)[C@H]([N+](=O)[O-])[C@@H]1c1ccco1. The van der Waals surface area contributed by atoms with Crippen molar-refractivity contribution in [3.05, 3.63) is 70.2 Å². The van der Waals surface area contributed by atoms with E-state index in [0.29, 0.717) is 5.56 Å². The smallest absolute Gasteiger partial charge is 0.326 e. The van der Waals surface area contributed by atoms with Crippen molar-refractivity contribution in [2.45, 2.75) is 30.4 Å². The molecule has 0 aliphatic heterocycles. The summed E-state index contributed by atoms with van der Waals surface area (Å²) in [5, 5.41) is 23.3. The molecule has 1 aliphatic carbocycles. The Morgan fingerprint density at radius 2 is 1.76 bits per heavy atom. The molecule has 1 aromatic carbocycles. The zero-order chi connectivity index (χ0) is 21.2. The zero-order valence-corrected chi connectivity index (χ0v) is 15.9. The fraction of sp³-hybridized carbons (Fsp3) is 0.400. The predicted octanol–water partition coefficient (Wildman–Crippen LogP) is 1.89. The van der Waals surface area contributed by atoms with Crippen molar-refractivity contribution >= 4 is 11.9 Å². The molecule has 0 radical (unpaired) electrons. The van der Waals surface area contributed by atoms with Crippen LogP contribution in [0.25, 0.3) is 0 Å². The van der Waals surface area contributed by atoms with E-state index < -0.39 is 46.3 Å². The summed E-state index contributed by atoms with van der Waals surface area (Å²) in [7, 11) is 2.09. The van der Waals surface area contributed by atoms with Crippen LogP contribution in [0.3, 0.4) is 0 Å². The van der Waals surface area contributed by atoms with Gasteiger partial charge in [0.25, 0.3) is 0 Å². The number of carbonyl (C=O) groups is 2. The molecular weight excluding hydrogens is 382 g/mol. The lowest BCUT2D eigenvalue weighted by molar-refractivity contribution is -0.538. The number of nitrogens with zero attached hydrogens (tertiary/aromatic N) is 1. The number of ether oxygens (including phenoxy) is 2. The number of aliphatic hydroxyl groups excluding tert-OH is 1. The standard InChI is InChI=1S/C20H21NO8/c1-27-18(23)20(19(24)28-2)15(22)11-13(12-7-4-3-5-8-12)17(21(25)26)16(20)14-9-6-10-29-14/h3-10,13,15-17,22H,11H2,1-2H3/t13-,15-,16-,17-/m0/s1. The van der Waals surface area contributed by atoms with Crippen molar-refractivity contribution in [1.29, 1.82) is 0 Å². The summed E-state index contributed by atoms with van der Waals surface area (Å²) in [6, 6.07) is 10.1. The largest absolute Gasteiger partial charge is 0.469 e. The summed E-state index contributed by atoms with van der Waals surface area (Å²) >= 11 is 0. The molecule has 2 aromatic rings. The molecule has 0 bridgehead atoms. The van der Waals surface area contributed by atoms with Crippen molar-refractivity contribution < 1.29 is 33.5 Å². The maximum atomic E-state index is 12.9. The highest BCUT2D eigenvalue weighted by Gasteiger charge is 2.70. The van der Waals surface area contributed by atoms with Gasteiger partial charge in [0.2, 0.25) is 11.5 Å². The Kier molecular flexibility index (Phi) is 5.69. The maximum Gasteiger partial charge on any atom is 0.326 e. The third-order valence-electron chi connectivity index (χ3n) is 5.61. The lowest BCUT2D eigenvalue weighted by Crippen LogP contribution is -2.62. The van der Waals surface area contributed by atoms with Gasteiger partial charge in [0.05, 0.1) is 32.5 Å². The number of aliphatic hydroxyl groups is 1. The number of methoxy groups -OCH3 is 2. The third kappa shape index (κ3) is 3.17. The molecule has 29 heavy (non-hydrogen) atoms. The van der Waals surface area contributed by atoms with Crippen molar-refractivity contribution in [3.8, 4) is 0 Å². The molecule has 0 amide bonds. The number of hydrogen-bond donors (Lipinski definition) is 1. The summed E-state index contributed by atoms with van der Waals surface area (Å²) in [6.45, 7) is 0. The Morgan fingerprint density at radius 1 is 1.14 bits per heavy atom. The average Bonchev–Trinajstić information content (AvgIpc) is 3.26. The molecule has 9 nitrogen and oxygen atoms in total. The summed E-state index contributed by atoms with van der Waals surface area (Å²) < 4.78 is 15.0. The Morgan fingerprint density at radius 3 is 2.24 bits per heavy atom. The van der Waals surface area contributed by atoms with E-state index in [9.17, 15) is 24.8 Å². The van der Waals surface area contributed by atoms with E-state index in [1.165, 1.54) is 18.4 Å². The lowest BCUT2D eigenvalue weighted by atomic mass is 9.57. The van der Waals surface area contributed by atoms with Gasteiger partial charge in [-0.05, 0) is 24.1 Å². The van der Waals surface area contributed by atoms with E-state index in [0.717, 1.165) is 14.2 Å². The number of rotatable bonds is 5. The number of esters is 2. The molecule has 1 N–H and O–H groups in total. The van der Waals surface area contributed by atoms with Gasteiger partial charge in [0.1, 0.15) is 11.7 Å². The van der Waals surface area contributed by atoms with E-state index in [2.05, 4.69) is 0 Å². The van der Waals surface area contributed by atoms with E-state index in [-0.39, 0.29) is 12.2 Å². The Bertz CT molecular complexity index is 863. The van der Waals surface area contributed by atoms with Crippen LogP contribution in [-0.2, 0) is 19.1 Å². The summed E-state index contributed by atoms with van der Waals surface area (Å²) in [6.07, 6.45) is -0.528. The monoisotopic (exact) mass is 403 g/mol. The van der Waals surface area contributed by atoms with E-state index in [1.54, 1.807) is 30.3 Å². The molecule has 1 heterocycles. The maximum absolute atomic E-state index is 12.9. The first-order chi connectivity index (χ1) is 13.9. The minimum Gasteiger partial charge on any atom is -0.469 e. The minimum absolute atomic E-state index is 0.0159. The molecule has 0 saturated heterocycles. The fourth-order valence-electron chi connectivity index (χ4n) is 4.38. The quantitative estimate of drug-likeness (QED) is 0.347. The van der Waals surface area contributed by atoms with Crippen LogP contribution in [0.15, 0.2) is 53.1 Å². The number of nitro groups is 1. The van der Waals surface area contributed by atoms with Gasteiger partial charge in [-0.15, -0.1) is 0 Å². The van der Waals surface area contributed by atoms with Gasteiger partial charge < -0.3 is 19.0 Å². The molecule has 1 aliphatic rings. The molecule has 9 heteroatoms. The van der Waals surface area contributed by atoms with Gasteiger partial charge in [0.15, 0.2) is 0 Å².